The van der Waals surface area contributed by atoms with E-state index in [0.29, 0.717) is 28.7 Å². The summed E-state index contributed by atoms with van der Waals surface area (Å²) in [4.78, 5) is 47.0. The molecule has 6 atom stereocenters. The summed E-state index contributed by atoms with van der Waals surface area (Å²) in [6.45, 7) is 5.88. The summed E-state index contributed by atoms with van der Waals surface area (Å²) in [5.41, 5.74) is 2.03. The molecule has 2 aliphatic heterocycles. The van der Waals surface area contributed by atoms with E-state index in [9.17, 15) is 14.4 Å². The maximum absolute atomic E-state index is 14.4. The summed E-state index contributed by atoms with van der Waals surface area (Å²) in [6.07, 6.45) is 11.0. The van der Waals surface area contributed by atoms with Gasteiger partial charge in [0.2, 0.25) is 0 Å². The number of rotatable bonds is 7. The van der Waals surface area contributed by atoms with Crippen LogP contribution in [0.1, 0.15) is 77.7 Å². The van der Waals surface area contributed by atoms with Crippen LogP contribution in [-0.2, 0) is 16.1 Å². The van der Waals surface area contributed by atoms with E-state index in [1.54, 1.807) is 12.1 Å². The van der Waals surface area contributed by atoms with Crippen LogP contribution in [0.2, 0.25) is 0 Å². The minimum Gasteiger partial charge on any atom is -0.468 e. The molecule has 0 radical (unpaired) electrons. The van der Waals surface area contributed by atoms with Gasteiger partial charge in [-0.2, -0.15) is 0 Å². The molecular weight excluding hydrogens is 540 g/mol. The van der Waals surface area contributed by atoms with Gasteiger partial charge in [-0.15, -0.1) is 0 Å². The normalized spacial score (nSPS) is 29.7. The number of ether oxygens (including phenoxy) is 1. The number of para-hydroxylation sites is 2. The number of pyridine rings is 1. The maximum Gasteiger partial charge on any atom is 0.325 e. The fraction of sp³-hybridized carbons (Fsp3) is 0.600. The first-order valence-electron chi connectivity index (χ1n) is 16.3. The molecule has 3 aromatic rings. The minimum atomic E-state index is -0.551. The molecule has 1 aromatic carbocycles. The third-order valence-electron chi connectivity index (χ3n) is 11.8. The molecule has 8 rings (SSSR count). The van der Waals surface area contributed by atoms with Crippen LogP contribution in [0.4, 0.5) is 0 Å². The first-order chi connectivity index (χ1) is 20.8. The topological polar surface area (TPSA) is 86.4 Å². The summed E-state index contributed by atoms with van der Waals surface area (Å²) in [5.74, 6) is 2.12. The Balaban J connectivity index is 1.20. The molecule has 5 fully saturated rings. The molecule has 3 saturated carbocycles. The molecule has 8 heteroatoms. The van der Waals surface area contributed by atoms with Crippen LogP contribution in [0.15, 0.2) is 52.1 Å². The molecule has 2 aromatic heterocycles. The highest BCUT2D eigenvalue weighted by atomic mass is 16.5. The second-order valence-electron chi connectivity index (χ2n) is 14.1. The van der Waals surface area contributed by atoms with Crippen molar-refractivity contribution in [1.29, 1.82) is 0 Å². The number of nitrogens with zero attached hydrogens (tertiary/aromatic N) is 4. The van der Waals surface area contributed by atoms with E-state index < -0.39 is 5.97 Å². The van der Waals surface area contributed by atoms with Crippen molar-refractivity contribution < 1.29 is 9.53 Å². The van der Waals surface area contributed by atoms with Crippen LogP contribution in [-0.4, -0.2) is 50.7 Å². The van der Waals surface area contributed by atoms with E-state index in [-0.39, 0.29) is 29.4 Å². The summed E-state index contributed by atoms with van der Waals surface area (Å²) in [5, 5.41) is 0. The van der Waals surface area contributed by atoms with Gasteiger partial charge >= 0.3 is 5.97 Å². The first-order valence-corrected chi connectivity index (χ1v) is 16.3. The van der Waals surface area contributed by atoms with Gasteiger partial charge in [-0.3, -0.25) is 23.9 Å². The zero-order valence-electron chi connectivity index (χ0n) is 25.7. The lowest BCUT2D eigenvalue weighted by molar-refractivity contribution is -0.141. The molecule has 0 N–H and O–H groups in total. The van der Waals surface area contributed by atoms with E-state index in [0.717, 1.165) is 36.1 Å². The largest absolute Gasteiger partial charge is 0.468 e. The van der Waals surface area contributed by atoms with Crippen molar-refractivity contribution in [2.75, 3.05) is 13.7 Å². The third-order valence-corrected chi connectivity index (χ3v) is 11.8. The van der Waals surface area contributed by atoms with Crippen molar-refractivity contribution in [3.05, 3.63) is 63.2 Å². The fourth-order valence-electron chi connectivity index (χ4n) is 9.42. The fourth-order valence-corrected chi connectivity index (χ4v) is 9.42. The molecule has 2 saturated heterocycles. The van der Waals surface area contributed by atoms with Crippen molar-refractivity contribution in [2.45, 2.75) is 96.3 Å². The molecular formula is C35H44N4O4. The molecule has 3 aliphatic carbocycles. The van der Waals surface area contributed by atoms with E-state index in [1.165, 1.54) is 69.2 Å². The number of carbonyl (C=O) groups excluding carboxylic acids is 1. The number of esters is 1. The standard InChI is InChI=1S/C35H44N4O4/c1-35(2)23-15-14-22(27(35)18-23)16-17-37-24-8-6-9-25(37)20-26(19-24)39-29-11-5-4-10-28(29)36-33(34(39)42)30-12-7-13-31(40)38(30)21-32(41)43-3/h4-5,7,10-13,22-27H,6,8-9,14-21H2,1-3H3/t22-,23-,24-,25+,26+,27-/m0/s1. The average Bonchev–Trinajstić information content (AvgIpc) is 3.00. The Morgan fingerprint density at radius 2 is 1.72 bits per heavy atom. The van der Waals surface area contributed by atoms with Gasteiger partial charge in [0.1, 0.15) is 6.54 Å². The SMILES string of the molecule is COC(=O)Cn1c(-c2nc3ccccc3n([C@H]3C[C@H]4CCC[C@@H](C3)N4CC[C@@H]3CC[C@H]4C[C@@H]3C4(C)C)c2=O)cccc1=O. The predicted molar refractivity (Wildman–Crippen MR) is 167 cm³/mol. The van der Waals surface area contributed by atoms with Crippen molar-refractivity contribution in [3.63, 3.8) is 0 Å². The molecule has 4 bridgehead atoms. The number of piperidine rings is 2. The second-order valence-corrected chi connectivity index (χ2v) is 14.1. The molecule has 0 spiro atoms. The molecule has 0 amide bonds. The maximum atomic E-state index is 14.4. The smallest absolute Gasteiger partial charge is 0.325 e. The molecule has 5 aliphatic rings. The lowest BCUT2D eigenvalue weighted by Gasteiger charge is -2.60. The van der Waals surface area contributed by atoms with Crippen LogP contribution < -0.4 is 11.1 Å². The van der Waals surface area contributed by atoms with Crippen LogP contribution in [0.25, 0.3) is 22.4 Å². The van der Waals surface area contributed by atoms with Crippen molar-refractivity contribution in [3.8, 4) is 11.4 Å². The van der Waals surface area contributed by atoms with E-state index in [4.69, 9.17) is 9.72 Å². The summed E-state index contributed by atoms with van der Waals surface area (Å²) < 4.78 is 8.09. The third kappa shape index (κ3) is 4.86. The lowest BCUT2D eigenvalue weighted by Crippen LogP contribution is -2.55. The molecule has 228 valence electrons. The van der Waals surface area contributed by atoms with Crippen molar-refractivity contribution in [2.24, 2.45) is 23.2 Å². The van der Waals surface area contributed by atoms with Crippen LogP contribution >= 0.6 is 0 Å². The first kappa shape index (κ1) is 28.5. The summed E-state index contributed by atoms with van der Waals surface area (Å²) in [7, 11) is 1.29. The van der Waals surface area contributed by atoms with Crippen LogP contribution in [0, 0.1) is 23.2 Å². The molecule has 43 heavy (non-hydrogen) atoms. The highest BCUT2D eigenvalue weighted by Crippen LogP contribution is 2.62. The summed E-state index contributed by atoms with van der Waals surface area (Å²) in [6, 6.07) is 13.5. The van der Waals surface area contributed by atoms with E-state index >= 15 is 0 Å². The number of benzene rings is 1. The second kappa shape index (κ2) is 11.0. The molecule has 4 heterocycles. The number of hydrogen-bond donors (Lipinski definition) is 0. The summed E-state index contributed by atoms with van der Waals surface area (Å²) >= 11 is 0. The van der Waals surface area contributed by atoms with Gasteiger partial charge in [0.25, 0.3) is 11.1 Å². The number of methoxy groups -OCH3 is 1. The van der Waals surface area contributed by atoms with Crippen LogP contribution in [0.5, 0.6) is 0 Å². The Hall–Kier alpha value is -3.26. The zero-order chi connectivity index (χ0) is 29.9. The Labute approximate surface area is 253 Å². The average molecular weight is 585 g/mol. The van der Waals surface area contributed by atoms with E-state index in [2.05, 4.69) is 18.7 Å². The lowest BCUT2D eigenvalue weighted by atomic mass is 9.45. The van der Waals surface area contributed by atoms with Crippen molar-refractivity contribution in [1.82, 2.24) is 19.0 Å². The highest BCUT2D eigenvalue weighted by molar-refractivity contribution is 5.78. The number of aromatic nitrogens is 3. The quantitative estimate of drug-likeness (QED) is 0.345. The molecule has 0 unspecified atom stereocenters. The number of fused-ring (bicyclic) bond motifs is 5. The van der Waals surface area contributed by atoms with E-state index in [1.807, 2.05) is 28.8 Å². The van der Waals surface area contributed by atoms with Gasteiger partial charge in [0, 0.05) is 24.2 Å². The van der Waals surface area contributed by atoms with Gasteiger partial charge in [-0.05, 0) is 99.3 Å². The van der Waals surface area contributed by atoms with Gasteiger partial charge in [-0.1, -0.05) is 38.5 Å². The monoisotopic (exact) mass is 584 g/mol. The van der Waals surface area contributed by atoms with Gasteiger partial charge in [-0.25, -0.2) is 4.98 Å². The van der Waals surface area contributed by atoms with Gasteiger partial charge in [0.05, 0.1) is 23.8 Å². The Bertz CT molecular complexity index is 1640. The zero-order valence-corrected chi connectivity index (χ0v) is 25.7. The van der Waals surface area contributed by atoms with Crippen molar-refractivity contribution >= 4 is 17.0 Å². The predicted octanol–water partition coefficient (Wildman–Crippen LogP) is 5.42. The molecule has 8 nitrogen and oxygen atoms in total. The Morgan fingerprint density at radius 3 is 2.44 bits per heavy atom. The highest BCUT2D eigenvalue weighted by Gasteiger charge is 2.54. The van der Waals surface area contributed by atoms with Crippen LogP contribution in [0.3, 0.4) is 0 Å². The van der Waals surface area contributed by atoms with Gasteiger partial charge < -0.3 is 9.30 Å². The van der Waals surface area contributed by atoms with Gasteiger partial charge in [0.15, 0.2) is 5.69 Å². The number of carbonyl (C=O) groups is 1. The Kier molecular flexibility index (Phi) is 7.31. The Morgan fingerprint density at radius 1 is 0.953 bits per heavy atom. The minimum absolute atomic E-state index is 0.0520. The number of hydrogen-bond acceptors (Lipinski definition) is 6.